The van der Waals surface area contributed by atoms with Gasteiger partial charge in [-0.1, -0.05) is 0 Å². The Hall–Kier alpha value is -1.89. The first-order valence-electron chi connectivity index (χ1n) is 9.20. The standard InChI is InChI=1S/C18H28N4O3/c1-3-22-12-15(10-19-22)17(25)20-8-6-18(7-9-20)5-4-16(24)21(13-18)11-14(2)23/h10,12,14,23H,3-9,11,13H2,1-2H3/t14-/m1/s1. The molecule has 0 radical (unpaired) electrons. The minimum atomic E-state index is -0.504. The Kier molecular flexibility index (Phi) is 5.13. The van der Waals surface area contributed by atoms with Gasteiger partial charge >= 0.3 is 0 Å². The second-order valence-corrected chi connectivity index (χ2v) is 7.50. The quantitative estimate of drug-likeness (QED) is 0.885. The molecule has 2 aliphatic heterocycles. The number of aliphatic hydroxyl groups is 1. The number of amides is 2. The summed E-state index contributed by atoms with van der Waals surface area (Å²) >= 11 is 0. The summed E-state index contributed by atoms with van der Waals surface area (Å²) in [6.07, 6.45) is 6.18. The lowest BCUT2D eigenvalue weighted by Crippen LogP contribution is -2.53. The monoisotopic (exact) mass is 348 g/mol. The highest BCUT2D eigenvalue weighted by Gasteiger charge is 2.42. The van der Waals surface area contributed by atoms with Crippen LogP contribution in [0.5, 0.6) is 0 Å². The van der Waals surface area contributed by atoms with Gasteiger partial charge in [-0.3, -0.25) is 14.3 Å². The molecule has 0 aromatic carbocycles. The van der Waals surface area contributed by atoms with Gasteiger partial charge in [-0.05, 0) is 38.5 Å². The fraction of sp³-hybridized carbons (Fsp3) is 0.722. The van der Waals surface area contributed by atoms with Crippen LogP contribution < -0.4 is 0 Å². The van der Waals surface area contributed by atoms with Gasteiger partial charge in [0, 0.05) is 45.3 Å². The molecule has 0 bridgehead atoms. The molecule has 0 unspecified atom stereocenters. The summed E-state index contributed by atoms with van der Waals surface area (Å²) in [7, 11) is 0. The van der Waals surface area contributed by atoms with E-state index < -0.39 is 6.10 Å². The van der Waals surface area contributed by atoms with E-state index in [2.05, 4.69) is 5.10 Å². The van der Waals surface area contributed by atoms with E-state index in [1.807, 2.05) is 11.8 Å². The van der Waals surface area contributed by atoms with Crippen molar-refractivity contribution in [2.75, 3.05) is 26.2 Å². The van der Waals surface area contributed by atoms with E-state index in [9.17, 15) is 14.7 Å². The number of aromatic nitrogens is 2. The van der Waals surface area contributed by atoms with E-state index >= 15 is 0 Å². The lowest BCUT2D eigenvalue weighted by molar-refractivity contribution is -0.140. The van der Waals surface area contributed by atoms with Gasteiger partial charge < -0.3 is 14.9 Å². The second kappa shape index (κ2) is 7.15. The third-order valence-corrected chi connectivity index (χ3v) is 5.55. The van der Waals surface area contributed by atoms with Gasteiger partial charge in [0.15, 0.2) is 0 Å². The van der Waals surface area contributed by atoms with Crippen LogP contribution in [-0.2, 0) is 11.3 Å². The molecule has 138 valence electrons. The predicted octanol–water partition coefficient (Wildman–Crippen LogP) is 1.13. The van der Waals surface area contributed by atoms with Crippen LogP contribution >= 0.6 is 0 Å². The average molecular weight is 348 g/mol. The molecule has 2 amide bonds. The molecule has 25 heavy (non-hydrogen) atoms. The Balaban J connectivity index is 1.60. The van der Waals surface area contributed by atoms with Crippen LogP contribution in [0.2, 0.25) is 0 Å². The lowest BCUT2D eigenvalue weighted by atomic mass is 9.72. The first-order chi connectivity index (χ1) is 11.9. The number of nitrogens with zero attached hydrogens (tertiary/aromatic N) is 4. The third kappa shape index (κ3) is 3.86. The Bertz CT molecular complexity index is 632. The zero-order valence-electron chi connectivity index (χ0n) is 15.1. The summed E-state index contributed by atoms with van der Waals surface area (Å²) in [5.41, 5.74) is 0.736. The van der Waals surface area contributed by atoms with Crippen LogP contribution in [0.15, 0.2) is 12.4 Å². The summed E-state index contributed by atoms with van der Waals surface area (Å²) in [6, 6.07) is 0. The zero-order chi connectivity index (χ0) is 18.0. The number of piperidine rings is 2. The van der Waals surface area contributed by atoms with Crippen molar-refractivity contribution in [3.63, 3.8) is 0 Å². The molecular weight excluding hydrogens is 320 g/mol. The highest BCUT2D eigenvalue weighted by Crippen LogP contribution is 2.40. The number of hydrogen-bond acceptors (Lipinski definition) is 4. The van der Waals surface area contributed by atoms with E-state index in [0.717, 1.165) is 25.8 Å². The predicted molar refractivity (Wildman–Crippen MR) is 93.0 cm³/mol. The van der Waals surface area contributed by atoms with Gasteiger partial charge in [0.1, 0.15) is 0 Å². The van der Waals surface area contributed by atoms with Gasteiger partial charge in [0.05, 0.1) is 17.9 Å². The smallest absolute Gasteiger partial charge is 0.257 e. The van der Waals surface area contributed by atoms with Crippen LogP contribution in [0.1, 0.15) is 49.9 Å². The first kappa shape index (κ1) is 17.9. The number of likely N-dealkylation sites (tertiary alicyclic amines) is 2. The fourth-order valence-electron chi connectivity index (χ4n) is 4.01. The van der Waals surface area contributed by atoms with E-state index in [4.69, 9.17) is 0 Å². The van der Waals surface area contributed by atoms with Crippen molar-refractivity contribution in [2.24, 2.45) is 5.41 Å². The van der Waals surface area contributed by atoms with Crippen molar-refractivity contribution >= 4 is 11.8 Å². The number of carbonyl (C=O) groups is 2. The molecule has 0 saturated carbocycles. The van der Waals surface area contributed by atoms with E-state index in [0.29, 0.717) is 38.2 Å². The third-order valence-electron chi connectivity index (χ3n) is 5.55. The molecule has 3 rings (SSSR count). The number of aliphatic hydroxyl groups excluding tert-OH is 1. The van der Waals surface area contributed by atoms with Crippen molar-refractivity contribution in [2.45, 2.75) is 52.2 Å². The Morgan fingerprint density at radius 1 is 1.36 bits per heavy atom. The molecule has 0 aliphatic carbocycles. The number of carbonyl (C=O) groups excluding carboxylic acids is 2. The highest BCUT2D eigenvalue weighted by molar-refractivity contribution is 5.93. The van der Waals surface area contributed by atoms with E-state index in [1.54, 1.807) is 28.9 Å². The van der Waals surface area contributed by atoms with Crippen LogP contribution in [0.4, 0.5) is 0 Å². The fourth-order valence-corrected chi connectivity index (χ4v) is 4.01. The number of rotatable bonds is 4. The molecule has 7 nitrogen and oxygen atoms in total. The number of aryl methyl sites for hydroxylation is 1. The molecule has 1 aromatic heterocycles. The molecule has 1 spiro atoms. The van der Waals surface area contributed by atoms with Gasteiger partial charge in [0.2, 0.25) is 5.91 Å². The molecule has 3 heterocycles. The summed E-state index contributed by atoms with van der Waals surface area (Å²) in [4.78, 5) is 28.4. The molecule has 1 aromatic rings. The molecular formula is C18H28N4O3. The van der Waals surface area contributed by atoms with Crippen LogP contribution in [0.25, 0.3) is 0 Å². The number of β-amino-alcohol motifs (C(OH)–C–C–N with tert-alkyl or cyclic N) is 1. The van der Waals surface area contributed by atoms with Crippen molar-refractivity contribution in [3.05, 3.63) is 18.0 Å². The summed E-state index contributed by atoms with van der Waals surface area (Å²) in [6.45, 7) is 7.00. The van der Waals surface area contributed by atoms with E-state index in [-0.39, 0.29) is 17.2 Å². The molecule has 2 fully saturated rings. The minimum absolute atomic E-state index is 0.0438. The summed E-state index contributed by atoms with van der Waals surface area (Å²) in [5.74, 6) is 0.180. The second-order valence-electron chi connectivity index (χ2n) is 7.50. The minimum Gasteiger partial charge on any atom is -0.392 e. The van der Waals surface area contributed by atoms with Gasteiger partial charge in [-0.2, -0.15) is 5.10 Å². The van der Waals surface area contributed by atoms with Crippen molar-refractivity contribution in [3.8, 4) is 0 Å². The molecule has 7 heteroatoms. The maximum Gasteiger partial charge on any atom is 0.257 e. The maximum atomic E-state index is 12.6. The Labute approximate surface area is 148 Å². The van der Waals surface area contributed by atoms with Crippen molar-refractivity contribution in [1.29, 1.82) is 0 Å². The molecule has 2 aliphatic rings. The van der Waals surface area contributed by atoms with Crippen molar-refractivity contribution < 1.29 is 14.7 Å². The highest BCUT2D eigenvalue weighted by atomic mass is 16.3. The average Bonchev–Trinajstić information content (AvgIpc) is 3.07. The summed E-state index contributed by atoms with van der Waals surface area (Å²) < 4.78 is 1.76. The first-order valence-corrected chi connectivity index (χ1v) is 9.20. The van der Waals surface area contributed by atoms with Crippen LogP contribution in [-0.4, -0.2) is 68.8 Å². The van der Waals surface area contributed by atoms with Gasteiger partial charge in [-0.25, -0.2) is 0 Å². The van der Waals surface area contributed by atoms with Crippen molar-refractivity contribution in [1.82, 2.24) is 19.6 Å². The van der Waals surface area contributed by atoms with Gasteiger partial charge in [-0.15, -0.1) is 0 Å². The summed E-state index contributed by atoms with van der Waals surface area (Å²) in [5, 5.41) is 13.8. The zero-order valence-corrected chi connectivity index (χ0v) is 15.1. The van der Waals surface area contributed by atoms with E-state index in [1.165, 1.54) is 0 Å². The van der Waals surface area contributed by atoms with Crippen LogP contribution in [0, 0.1) is 5.41 Å². The van der Waals surface area contributed by atoms with Crippen LogP contribution in [0.3, 0.4) is 0 Å². The Morgan fingerprint density at radius 3 is 2.68 bits per heavy atom. The Morgan fingerprint density at radius 2 is 2.08 bits per heavy atom. The normalized spacial score (nSPS) is 21.6. The largest absolute Gasteiger partial charge is 0.392 e. The lowest BCUT2D eigenvalue weighted by Gasteiger charge is -2.47. The molecule has 1 atom stereocenters. The van der Waals surface area contributed by atoms with Gasteiger partial charge in [0.25, 0.3) is 5.91 Å². The molecule has 1 N–H and O–H groups in total. The maximum absolute atomic E-state index is 12.6. The topological polar surface area (TPSA) is 78.7 Å². The SMILES string of the molecule is CCn1cc(C(=O)N2CCC3(CCC(=O)N(C[C@@H](C)O)C3)CC2)cn1. The molecule has 2 saturated heterocycles. The number of hydrogen-bond donors (Lipinski definition) is 1.